The van der Waals surface area contributed by atoms with Crippen LogP contribution in [0.1, 0.15) is 16.7 Å². The molecule has 7 nitrogen and oxygen atoms in total. The number of aryl methyl sites for hydroxylation is 1. The van der Waals surface area contributed by atoms with Crippen LogP contribution in [0.4, 0.5) is 5.69 Å². The van der Waals surface area contributed by atoms with E-state index in [1.54, 1.807) is 18.2 Å². The molecule has 1 N–H and O–H groups in total. The Balaban J connectivity index is 1.52. The van der Waals surface area contributed by atoms with Crippen LogP contribution in [0.3, 0.4) is 0 Å². The average molecular weight is 477 g/mol. The first-order valence-electron chi connectivity index (χ1n) is 10.4. The first-order chi connectivity index (χ1) is 16.5. The molecule has 8 heteroatoms. The molecule has 0 saturated heterocycles. The molecule has 1 amide bonds. The lowest BCUT2D eigenvalue weighted by atomic mass is 10.1. The van der Waals surface area contributed by atoms with Gasteiger partial charge in [-0.25, -0.2) is 0 Å². The third-order valence-electron chi connectivity index (χ3n) is 5.02. The number of benzene rings is 3. The Kier molecular flexibility index (Phi) is 6.90. The summed E-state index contributed by atoms with van der Waals surface area (Å²) < 4.78 is 22.1. The summed E-state index contributed by atoms with van der Waals surface area (Å²) in [5.41, 5.74) is 2.91. The van der Waals surface area contributed by atoms with Crippen molar-refractivity contribution < 1.29 is 23.7 Å². The molecule has 1 aliphatic heterocycles. The highest BCUT2D eigenvalue weighted by Crippen LogP contribution is 2.38. The molecule has 0 bridgehead atoms. The van der Waals surface area contributed by atoms with E-state index in [2.05, 4.69) is 5.32 Å². The van der Waals surface area contributed by atoms with Gasteiger partial charge in [0.25, 0.3) is 5.91 Å². The van der Waals surface area contributed by atoms with Gasteiger partial charge in [0.05, 0.1) is 12.1 Å². The quantitative estimate of drug-likeness (QED) is 0.357. The minimum atomic E-state index is -0.522. The molecule has 0 saturated carbocycles. The molecule has 3 aromatic carbocycles. The van der Waals surface area contributed by atoms with Crippen LogP contribution in [0.25, 0.3) is 6.08 Å². The van der Waals surface area contributed by atoms with Crippen molar-refractivity contribution >= 4 is 29.3 Å². The molecule has 0 aliphatic carbocycles. The Labute approximate surface area is 202 Å². The number of hydrogen-bond acceptors (Lipinski definition) is 6. The molecule has 0 spiro atoms. The van der Waals surface area contributed by atoms with Gasteiger partial charge in [0.15, 0.2) is 23.0 Å². The number of hydrogen-bond donors (Lipinski definition) is 1. The van der Waals surface area contributed by atoms with E-state index in [0.717, 1.165) is 11.1 Å². The number of nitrogens with one attached hydrogen (secondary N) is 1. The molecule has 1 aliphatic rings. The van der Waals surface area contributed by atoms with Gasteiger partial charge in [0.2, 0.25) is 6.79 Å². The number of anilines is 1. The van der Waals surface area contributed by atoms with Crippen molar-refractivity contribution in [3.63, 3.8) is 0 Å². The summed E-state index contributed by atoms with van der Waals surface area (Å²) in [6, 6.07) is 18.0. The summed E-state index contributed by atoms with van der Waals surface area (Å²) in [7, 11) is 1.49. The Morgan fingerprint density at radius 1 is 1.18 bits per heavy atom. The molecule has 34 heavy (non-hydrogen) atoms. The molecular weight excluding hydrogens is 456 g/mol. The van der Waals surface area contributed by atoms with Crippen LogP contribution in [-0.2, 0) is 11.4 Å². The summed E-state index contributed by atoms with van der Waals surface area (Å²) in [5, 5.41) is 12.5. The lowest BCUT2D eigenvalue weighted by Gasteiger charge is -2.14. The monoisotopic (exact) mass is 476 g/mol. The molecule has 3 aromatic rings. The van der Waals surface area contributed by atoms with E-state index in [-0.39, 0.29) is 24.0 Å². The van der Waals surface area contributed by atoms with E-state index in [9.17, 15) is 10.1 Å². The van der Waals surface area contributed by atoms with Crippen LogP contribution >= 0.6 is 11.6 Å². The Morgan fingerprint density at radius 2 is 2.00 bits per heavy atom. The van der Waals surface area contributed by atoms with E-state index in [0.29, 0.717) is 34.2 Å². The number of methoxy groups -OCH3 is 1. The second-order valence-corrected chi connectivity index (χ2v) is 7.91. The maximum atomic E-state index is 12.6. The largest absolute Gasteiger partial charge is 0.493 e. The zero-order valence-electron chi connectivity index (χ0n) is 18.6. The van der Waals surface area contributed by atoms with Gasteiger partial charge in [0.1, 0.15) is 18.2 Å². The molecule has 0 fully saturated rings. The van der Waals surface area contributed by atoms with Crippen molar-refractivity contribution in [1.29, 1.82) is 5.26 Å². The number of ether oxygens (including phenoxy) is 4. The summed E-state index contributed by atoms with van der Waals surface area (Å²) in [4.78, 5) is 12.6. The Bertz CT molecular complexity index is 1310. The van der Waals surface area contributed by atoms with Crippen molar-refractivity contribution in [2.45, 2.75) is 13.5 Å². The van der Waals surface area contributed by atoms with E-state index in [4.69, 9.17) is 30.5 Å². The number of fused-ring (bicyclic) bond motifs is 1. The van der Waals surface area contributed by atoms with Crippen LogP contribution in [-0.4, -0.2) is 19.8 Å². The highest BCUT2D eigenvalue weighted by Gasteiger charge is 2.16. The maximum absolute atomic E-state index is 12.6. The van der Waals surface area contributed by atoms with Gasteiger partial charge < -0.3 is 24.3 Å². The fourth-order valence-electron chi connectivity index (χ4n) is 3.39. The van der Waals surface area contributed by atoms with Crippen LogP contribution in [0.5, 0.6) is 23.0 Å². The predicted octanol–water partition coefficient (Wildman–Crippen LogP) is 5.51. The second-order valence-electron chi connectivity index (χ2n) is 7.50. The van der Waals surface area contributed by atoms with Crippen LogP contribution in [0.15, 0.2) is 60.2 Å². The number of amides is 1. The molecule has 0 aromatic heterocycles. The third-order valence-corrected chi connectivity index (χ3v) is 5.30. The van der Waals surface area contributed by atoms with Crippen molar-refractivity contribution in [3.05, 3.63) is 81.9 Å². The predicted molar refractivity (Wildman–Crippen MR) is 128 cm³/mol. The molecule has 172 valence electrons. The minimum absolute atomic E-state index is 0.0753. The number of nitriles is 1. The maximum Gasteiger partial charge on any atom is 0.266 e. The fraction of sp³-hybridized carbons (Fsp3) is 0.154. The van der Waals surface area contributed by atoms with Crippen LogP contribution in [0, 0.1) is 18.3 Å². The van der Waals surface area contributed by atoms with Gasteiger partial charge in [-0.2, -0.15) is 5.26 Å². The summed E-state index contributed by atoms with van der Waals surface area (Å²) in [5.74, 6) is 1.55. The smallest absolute Gasteiger partial charge is 0.266 e. The van der Waals surface area contributed by atoms with E-state index < -0.39 is 5.91 Å². The van der Waals surface area contributed by atoms with E-state index >= 15 is 0 Å². The highest BCUT2D eigenvalue weighted by atomic mass is 35.5. The summed E-state index contributed by atoms with van der Waals surface area (Å²) >= 11 is 6.46. The number of carbonyl (C=O) groups is 1. The highest BCUT2D eigenvalue weighted by molar-refractivity contribution is 6.32. The Morgan fingerprint density at radius 3 is 2.76 bits per heavy atom. The van der Waals surface area contributed by atoms with Gasteiger partial charge in [-0.3, -0.25) is 4.79 Å². The van der Waals surface area contributed by atoms with Gasteiger partial charge in [-0.1, -0.05) is 29.8 Å². The lowest BCUT2D eigenvalue weighted by Crippen LogP contribution is -2.13. The van der Waals surface area contributed by atoms with Gasteiger partial charge >= 0.3 is 0 Å². The number of halogens is 1. The first kappa shape index (κ1) is 23.0. The SMILES string of the molecule is COc1cc(/C=C(/C#N)C(=O)Nc2cccc(C)c2)cc(Cl)c1OCc1ccc2c(c1)OCO2. The summed E-state index contributed by atoms with van der Waals surface area (Å²) in [6.45, 7) is 2.34. The van der Waals surface area contributed by atoms with Crippen molar-refractivity contribution in [2.75, 3.05) is 19.2 Å². The normalized spacial score (nSPS) is 12.1. The fourth-order valence-corrected chi connectivity index (χ4v) is 3.66. The van der Waals surface area contributed by atoms with Gasteiger partial charge in [-0.05, 0) is 66.1 Å². The lowest BCUT2D eigenvalue weighted by molar-refractivity contribution is -0.112. The average Bonchev–Trinajstić information content (AvgIpc) is 3.29. The van der Waals surface area contributed by atoms with E-state index in [1.165, 1.54) is 13.2 Å². The molecular formula is C26H21ClN2O5. The van der Waals surface area contributed by atoms with Gasteiger partial charge in [-0.15, -0.1) is 0 Å². The molecule has 4 rings (SSSR count). The second kappa shape index (κ2) is 10.2. The molecule has 0 radical (unpaired) electrons. The number of carbonyl (C=O) groups excluding carboxylic acids is 1. The minimum Gasteiger partial charge on any atom is -0.493 e. The van der Waals surface area contributed by atoms with Gasteiger partial charge in [0, 0.05) is 5.69 Å². The Hall–Kier alpha value is -4.15. The van der Waals surface area contributed by atoms with Crippen molar-refractivity contribution in [1.82, 2.24) is 0 Å². The molecule has 1 heterocycles. The zero-order valence-corrected chi connectivity index (χ0v) is 19.3. The van der Waals surface area contributed by atoms with Crippen molar-refractivity contribution in [2.24, 2.45) is 0 Å². The molecule has 0 unspecified atom stereocenters. The van der Waals surface area contributed by atoms with E-state index in [1.807, 2.05) is 49.4 Å². The number of rotatable bonds is 7. The number of nitrogens with zero attached hydrogens (tertiary/aromatic N) is 1. The summed E-state index contributed by atoms with van der Waals surface area (Å²) in [6.07, 6.45) is 1.45. The topological polar surface area (TPSA) is 89.8 Å². The zero-order chi connectivity index (χ0) is 24.1. The van der Waals surface area contributed by atoms with Crippen LogP contribution < -0.4 is 24.3 Å². The van der Waals surface area contributed by atoms with Crippen molar-refractivity contribution in [3.8, 4) is 29.1 Å². The first-order valence-corrected chi connectivity index (χ1v) is 10.7. The standard InChI is InChI=1S/C26H21ClN2O5/c1-16-4-3-5-20(8-16)29-26(30)19(13-28)9-18-10-21(27)25(24(12-18)31-2)32-14-17-6-7-22-23(11-17)34-15-33-22/h3-12H,14-15H2,1-2H3,(H,29,30)/b19-9-. The third kappa shape index (κ3) is 5.25. The van der Waals surface area contributed by atoms with Crippen LogP contribution in [0.2, 0.25) is 5.02 Å². The molecule has 0 atom stereocenters.